The summed E-state index contributed by atoms with van der Waals surface area (Å²) in [7, 11) is 2.04. The molecule has 96 valence electrons. The fraction of sp³-hybridized carbons (Fsp3) is 0.727. The Kier molecular flexibility index (Phi) is 5.02. The molecule has 0 amide bonds. The topological polar surface area (TPSA) is 60.0 Å². The van der Waals surface area contributed by atoms with Gasteiger partial charge in [-0.1, -0.05) is 12.2 Å². The van der Waals surface area contributed by atoms with Gasteiger partial charge in [-0.3, -0.25) is 4.90 Å². The second-order valence-corrected chi connectivity index (χ2v) is 5.17. The summed E-state index contributed by atoms with van der Waals surface area (Å²) in [6.07, 6.45) is 2.32. The second-order valence-electron chi connectivity index (χ2n) is 4.65. The van der Waals surface area contributed by atoms with Crippen molar-refractivity contribution in [1.29, 1.82) is 0 Å². The van der Waals surface area contributed by atoms with Crippen LogP contribution in [0.5, 0.6) is 0 Å². The zero-order valence-electron chi connectivity index (χ0n) is 10.9. The smallest absolute Gasteiger partial charge is 0.141 e. The zero-order valence-corrected chi connectivity index (χ0v) is 11.7. The molecule has 0 bridgehead atoms. The van der Waals surface area contributed by atoms with Gasteiger partial charge in [0.2, 0.25) is 0 Å². The van der Waals surface area contributed by atoms with Gasteiger partial charge in [-0.25, -0.2) is 9.67 Å². The molecule has 1 heterocycles. The van der Waals surface area contributed by atoms with E-state index in [-0.39, 0.29) is 0 Å². The highest BCUT2D eigenvalue weighted by Crippen LogP contribution is 2.10. The van der Waals surface area contributed by atoms with Crippen LogP contribution >= 0.6 is 12.2 Å². The van der Waals surface area contributed by atoms with E-state index < -0.39 is 0 Å². The quantitative estimate of drug-likeness (QED) is 0.778. The molecule has 6 heteroatoms. The molecule has 0 spiro atoms. The van der Waals surface area contributed by atoms with E-state index in [0.717, 1.165) is 18.8 Å². The molecule has 2 N–H and O–H groups in total. The third-order valence-electron chi connectivity index (χ3n) is 2.78. The number of hydrogen-bond acceptors (Lipinski definition) is 4. The standard InChI is InChI=1S/C11H21N5S/c1-8(2)16-11(13-7-14-16)6-15(4)9(3)5-10(12)17/h7-9H,5-6H2,1-4H3,(H2,12,17). The zero-order chi connectivity index (χ0) is 13.0. The van der Waals surface area contributed by atoms with E-state index in [1.165, 1.54) is 0 Å². The molecule has 0 saturated heterocycles. The molecular formula is C11H21N5S. The van der Waals surface area contributed by atoms with Gasteiger partial charge in [-0.05, 0) is 27.8 Å². The lowest BCUT2D eigenvalue weighted by Gasteiger charge is -2.24. The minimum Gasteiger partial charge on any atom is -0.393 e. The van der Waals surface area contributed by atoms with Gasteiger partial charge in [-0.2, -0.15) is 5.10 Å². The van der Waals surface area contributed by atoms with E-state index in [9.17, 15) is 0 Å². The highest BCUT2D eigenvalue weighted by Gasteiger charge is 2.15. The van der Waals surface area contributed by atoms with E-state index in [2.05, 4.69) is 35.8 Å². The van der Waals surface area contributed by atoms with Crippen molar-refractivity contribution in [3.63, 3.8) is 0 Å². The van der Waals surface area contributed by atoms with Crippen LogP contribution in [0.15, 0.2) is 6.33 Å². The van der Waals surface area contributed by atoms with Crippen LogP contribution in [0, 0.1) is 0 Å². The van der Waals surface area contributed by atoms with Crippen molar-refractivity contribution in [1.82, 2.24) is 19.7 Å². The lowest BCUT2D eigenvalue weighted by atomic mass is 10.2. The molecule has 1 atom stereocenters. The average molecular weight is 255 g/mol. The number of aromatic nitrogens is 3. The van der Waals surface area contributed by atoms with Crippen molar-refractivity contribution in [2.75, 3.05) is 7.05 Å². The van der Waals surface area contributed by atoms with Crippen LogP contribution in [0.25, 0.3) is 0 Å². The Hall–Kier alpha value is -1.01. The number of nitrogens with zero attached hydrogens (tertiary/aromatic N) is 4. The Balaban J connectivity index is 2.64. The maximum absolute atomic E-state index is 5.55. The minimum atomic E-state index is 0.310. The number of thiocarbonyl (C=S) groups is 1. The summed E-state index contributed by atoms with van der Waals surface area (Å²) < 4.78 is 1.93. The first kappa shape index (κ1) is 14.1. The maximum atomic E-state index is 5.55. The predicted molar refractivity (Wildman–Crippen MR) is 72.7 cm³/mol. The first-order valence-corrected chi connectivity index (χ1v) is 6.19. The summed E-state index contributed by atoms with van der Waals surface area (Å²) in [6.45, 7) is 7.05. The highest BCUT2D eigenvalue weighted by atomic mass is 32.1. The third-order valence-corrected chi connectivity index (χ3v) is 2.94. The highest BCUT2D eigenvalue weighted by molar-refractivity contribution is 7.80. The molecule has 0 aliphatic carbocycles. The van der Waals surface area contributed by atoms with Crippen molar-refractivity contribution in [2.45, 2.75) is 45.8 Å². The monoisotopic (exact) mass is 255 g/mol. The van der Waals surface area contributed by atoms with Crippen molar-refractivity contribution >= 4 is 17.2 Å². The second kappa shape index (κ2) is 6.07. The number of rotatable bonds is 6. The summed E-state index contributed by atoms with van der Waals surface area (Å²) in [5.41, 5.74) is 5.55. The molecule has 0 saturated carbocycles. The van der Waals surface area contributed by atoms with E-state index in [0.29, 0.717) is 17.1 Å². The molecule has 1 unspecified atom stereocenters. The first-order chi connectivity index (χ1) is 7.91. The molecule has 1 rings (SSSR count). The van der Waals surface area contributed by atoms with Crippen LogP contribution in [-0.2, 0) is 6.54 Å². The van der Waals surface area contributed by atoms with Crippen LogP contribution < -0.4 is 5.73 Å². The summed E-state index contributed by atoms with van der Waals surface area (Å²) in [4.78, 5) is 7.02. The molecule has 0 radical (unpaired) electrons. The SMILES string of the molecule is CC(CC(N)=S)N(C)Cc1ncnn1C(C)C. The molecule has 0 aromatic carbocycles. The van der Waals surface area contributed by atoms with Gasteiger partial charge in [-0.15, -0.1) is 0 Å². The van der Waals surface area contributed by atoms with E-state index in [1.807, 2.05) is 11.7 Å². The van der Waals surface area contributed by atoms with Gasteiger partial charge in [0.15, 0.2) is 0 Å². The summed E-state index contributed by atoms with van der Waals surface area (Å²) >= 11 is 4.92. The van der Waals surface area contributed by atoms with Gasteiger partial charge < -0.3 is 5.73 Å². The lowest BCUT2D eigenvalue weighted by molar-refractivity contribution is 0.242. The predicted octanol–water partition coefficient (Wildman–Crippen LogP) is 1.36. The molecule has 0 fully saturated rings. The molecular weight excluding hydrogens is 234 g/mol. The number of hydrogen-bond donors (Lipinski definition) is 1. The Morgan fingerprint density at radius 2 is 2.18 bits per heavy atom. The van der Waals surface area contributed by atoms with Gasteiger partial charge in [0.05, 0.1) is 11.5 Å². The maximum Gasteiger partial charge on any atom is 0.141 e. The van der Waals surface area contributed by atoms with E-state index in [4.69, 9.17) is 18.0 Å². The summed E-state index contributed by atoms with van der Waals surface area (Å²) in [5.74, 6) is 0.970. The van der Waals surface area contributed by atoms with Crippen molar-refractivity contribution in [2.24, 2.45) is 5.73 Å². The van der Waals surface area contributed by atoms with Crippen molar-refractivity contribution in [3.05, 3.63) is 12.2 Å². The third kappa shape index (κ3) is 4.05. The van der Waals surface area contributed by atoms with Crippen molar-refractivity contribution < 1.29 is 0 Å². The number of nitrogens with two attached hydrogens (primary N) is 1. The van der Waals surface area contributed by atoms with Crippen LogP contribution in [-0.4, -0.2) is 37.7 Å². The molecule has 1 aromatic rings. The molecule has 17 heavy (non-hydrogen) atoms. The lowest BCUT2D eigenvalue weighted by Crippen LogP contribution is -2.33. The molecule has 0 aliphatic heterocycles. The van der Waals surface area contributed by atoms with Crippen LogP contribution in [0.3, 0.4) is 0 Å². The molecule has 5 nitrogen and oxygen atoms in total. The Morgan fingerprint density at radius 1 is 1.53 bits per heavy atom. The summed E-state index contributed by atoms with van der Waals surface area (Å²) in [6, 6.07) is 0.636. The fourth-order valence-corrected chi connectivity index (χ4v) is 1.89. The average Bonchev–Trinajstić information content (AvgIpc) is 2.64. The first-order valence-electron chi connectivity index (χ1n) is 5.78. The van der Waals surface area contributed by atoms with Crippen LogP contribution in [0.2, 0.25) is 0 Å². The normalized spacial score (nSPS) is 13.3. The van der Waals surface area contributed by atoms with E-state index in [1.54, 1.807) is 6.33 Å². The minimum absolute atomic E-state index is 0.310. The Morgan fingerprint density at radius 3 is 2.71 bits per heavy atom. The van der Waals surface area contributed by atoms with Gasteiger partial charge in [0, 0.05) is 18.5 Å². The van der Waals surface area contributed by atoms with Gasteiger partial charge in [0.25, 0.3) is 0 Å². The van der Waals surface area contributed by atoms with E-state index >= 15 is 0 Å². The fourth-order valence-electron chi connectivity index (χ4n) is 1.64. The van der Waals surface area contributed by atoms with Crippen molar-refractivity contribution in [3.8, 4) is 0 Å². The van der Waals surface area contributed by atoms with Crippen LogP contribution in [0.4, 0.5) is 0 Å². The summed E-state index contributed by atoms with van der Waals surface area (Å²) in [5, 5.41) is 4.22. The largest absolute Gasteiger partial charge is 0.393 e. The van der Waals surface area contributed by atoms with Crippen LogP contribution in [0.1, 0.15) is 39.1 Å². The Labute approximate surface area is 108 Å². The molecule has 1 aromatic heterocycles. The van der Waals surface area contributed by atoms with Gasteiger partial charge in [0.1, 0.15) is 12.2 Å². The van der Waals surface area contributed by atoms with Gasteiger partial charge >= 0.3 is 0 Å². The Bertz CT molecular complexity index is 374. The molecule has 0 aliphatic rings.